The molecule has 0 fully saturated rings. The number of para-hydroxylation sites is 1. The Morgan fingerprint density at radius 1 is 0.931 bits per heavy atom. The van der Waals surface area contributed by atoms with Gasteiger partial charge in [0.25, 0.3) is 0 Å². The lowest BCUT2D eigenvalue weighted by Gasteiger charge is -2.12. The van der Waals surface area contributed by atoms with Crippen molar-refractivity contribution in [1.82, 2.24) is 9.55 Å². The van der Waals surface area contributed by atoms with Crippen LogP contribution in [0.5, 0.6) is 0 Å². The zero-order valence-electron chi connectivity index (χ0n) is 15.9. The smallest absolute Gasteiger partial charge is 0.357 e. The molecule has 0 saturated heterocycles. The number of benzene rings is 3. The summed E-state index contributed by atoms with van der Waals surface area (Å²) >= 11 is 6.22. The van der Waals surface area contributed by atoms with E-state index in [1.807, 2.05) is 77.4 Å². The second kappa shape index (κ2) is 8.33. The van der Waals surface area contributed by atoms with E-state index in [1.54, 1.807) is 19.1 Å². The van der Waals surface area contributed by atoms with Gasteiger partial charge < -0.3 is 4.74 Å². The van der Waals surface area contributed by atoms with Crippen molar-refractivity contribution in [2.75, 3.05) is 6.61 Å². The Kier molecular flexibility index (Phi) is 5.45. The van der Waals surface area contributed by atoms with Gasteiger partial charge in [0.05, 0.1) is 6.61 Å². The zero-order chi connectivity index (χ0) is 20.2. The van der Waals surface area contributed by atoms with Gasteiger partial charge in [0.15, 0.2) is 5.69 Å². The average molecular weight is 403 g/mol. The molecule has 0 aliphatic carbocycles. The van der Waals surface area contributed by atoms with Gasteiger partial charge in [-0.3, -0.25) is 4.57 Å². The summed E-state index contributed by atoms with van der Waals surface area (Å²) in [5, 5.41) is 0.577. The number of hydrogen-bond acceptors (Lipinski definition) is 3. The van der Waals surface area contributed by atoms with Gasteiger partial charge in [-0.05, 0) is 31.2 Å². The van der Waals surface area contributed by atoms with Gasteiger partial charge in [0, 0.05) is 21.8 Å². The first-order valence-electron chi connectivity index (χ1n) is 9.35. The van der Waals surface area contributed by atoms with Crippen LogP contribution in [0.3, 0.4) is 0 Å². The van der Waals surface area contributed by atoms with E-state index in [0.717, 1.165) is 16.8 Å². The molecule has 4 rings (SSSR count). The Hall–Kier alpha value is -3.37. The maximum Gasteiger partial charge on any atom is 0.357 e. The normalized spacial score (nSPS) is 10.7. The molecule has 0 N–H and O–H groups in total. The van der Waals surface area contributed by atoms with Gasteiger partial charge in [-0.2, -0.15) is 0 Å². The van der Waals surface area contributed by atoms with E-state index in [4.69, 9.17) is 21.3 Å². The van der Waals surface area contributed by atoms with Crippen LogP contribution in [0.2, 0.25) is 5.02 Å². The highest BCUT2D eigenvalue weighted by atomic mass is 35.5. The van der Waals surface area contributed by atoms with Gasteiger partial charge in [0.1, 0.15) is 11.5 Å². The van der Waals surface area contributed by atoms with Crippen LogP contribution in [-0.2, 0) is 4.74 Å². The molecule has 0 bridgehead atoms. The molecule has 0 aliphatic heterocycles. The minimum atomic E-state index is -0.430. The van der Waals surface area contributed by atoms with Gasteiger partial charge >= 0.3 is 5.97 Å². The van der Waals surface area contributed by atoms with Gasteiger partial charge in [-0.1, -0.05) is 72.3 Å². The van der Waals surface area contributed by atoms with Crippen molar-refractivity contribution in [3.63, 3.8) is 0 Å². The highest BCUT2D eigenvalue weighted by Gasteiger charge is 2.27. The number of hydrogen-bond donors (Lipinski definition) is 0. The number of carbonyl (C=O) groups is 1. The summed E-state index contributed by atoms with van der Waals surface area (Å²) in [7, 11) is 0. The van der Waals surface area contributed by atoms with Crippen LogP contribution in [0.25, 0.3) is 28.3 Å². The summed E-state index contributed by atoms with van der Waals surface area (Å²) in [4.78, 5) is 17.9. The van der Waals surface area contributed by atoms with Gasteiger partial charge in [0.2, 0.25) is 0 Å². The first-order valence-corrected chi connectivity index (χ1v) is 9.73. The summed E-state index contributed by atoms with van der Waals surface area (Å²) in [6, 6.07) is 26.8. The molecule has 0 amide bonds. The van der Waals surface area contributed by atoms with E-state index in [-0.39, 0.29) is 6.61 Å². The van der Waals surface area contributed by atoms with Crippen LogP contribution < -0.4 is 0 Å². The minimum Gasteiger partial charge on any atom is -0.461 e. The molecular formula is C24H19ClN2O2. The third-order valence-electron chi connectivity index (χ3n) is 4.49. The Morgan fingerprint density at radius 3 is 2.24 bits per heavy atom. The molecule has 4 nitrogen and oxygen atoms in total. The number of nitrogens with zero attached hydrogens (tertiary/aromatic N) is 2. The zero-order valence-corrected chi connectivity index (χ0v) is 16.6. The second-order valence-corrected chi connectivity index (χ2v) is 6.84. The SMILES string of the molecule is CCOC(=O)c1c(-c2cccc(Cl)c2)nc(-c2ccccc2)n1-c1ccccc1. The first-order chi connectivity index (χ1) is 14.2. The molecule has 4 aromatic rings. The molecule has 0 spiro atoms. The molecule has 5 heteroatoms. The number of carbonyl (C=O) groups excluding carboxylic acids is 1. The van der Waals surface area contributed by atoms with E-state index >= 15 is 0 Å². The molecule has 1 heterocycles. The van der Waals surface area contributed by atoms with Crippen molar-refractivity contribution < 1.29 is 9.53 Å². The Morgan fingerprint density at radius 2 is 1.59 bits per heavy atom. The van der Waals surface area contributed by atoms with Gasteiger partial charge in [-0.25, -0.2) is 9.78 Å². The molecule has 0 unspecified atom stereocenters. The lowest BCUT2D eigenvalue weighted by Crippen LogP contribution is -2.13. The number of imidazole rings is 1. The average Bonchev–Trinajstić information content (AvgIpc) is 3.16. The molecular weight excluding hydrogens is 384 g/mol. The second-order valence-electron chi connectivity index (χ2n) is 6.40. The quantitative estimate of drug-likeness (QED) is 0.382. The molecule has 0 aliphatic rings. The van der Waals surface area contributed by atoms with E-state index in [1.165, 1.54) is 0 Å². The van der Waals surface area contributed by atoms with Crippen molar-refractivity contribution in [3.8, 4) is 28.3 Å². The van der Waals surface area contributed by atoms with Crippen molar-refractivity contribution in [2.45, 2.75) is 6.92 Å². The third kappa shape index (κ3) is 3.80. The Balaban J connectivity index is 2.06. The van der Waals surface area contributed by atoms with Gasteiger partial charge in [-0.15, -0.1) is 0 Å². The monoisotopic (exact) mass is 402 g/mol. The van der Waals surface area contributed by atoms with Crippen LogP contribution in [-0.4, -0.2) is 22.1 Å². The molecule has 3 aromatic carbocycles. The standard InChI is InChI=1S/C24H19ClN2O2/c1-2-29-24(28)22-21(18-12-9-13-19(25)16-18)26-23(17-10-5-3-6-11-17)27(22)20-14-7-4-8-15-20/h3-16H,2H2,1H3. The van der Waals surface area contributed by atoms with Crippen LogP contribution in [0.1, 0.15) is 17.4 Å². The topological polar surface area (TPSA) is 44.1 Å². The summed E-state index contributed by atoms with van der Waals surface area (Å²) in [5.74, 6) is 0.232. The number of halogens is 1. The summed E-state index contributed by atoms with van der Waals surface area (Å²) in [6.45, 7) is 2.06. The molecule has 0 atom stereocenters. The number of aromatic nitrogens is 2. The largest absolute Gasteiger partial charge is 0.461 e. The molecule has 144 valence electrons. The fourth-order valence-corrected chi connectivity index (χ4v) is 3.44. The van der Waals surface area contributed by atoms with E-state index in [0.29, 0.717) is 22.2 Å². The summed E-state index contributed by atoms with van der Waals surface area (Å²) in [6.07, 6.45) is 0. The van der Waals surface area contributed by atoms with Crippen molar-refractivity contribution >= 4 is 17.6 Å². The number of rotatable bonds is 5. The predicted octanol–water partition coefficient (Wildman–Crippen LogP) is 6.04. The minimum absolute atomic E-state index is 0.272. The summed E-state index contributed by atoms with van der Waals surface area (Å²) in [5.41, 5.74) is 3.39. The van der Waals surface area contributed by atoms with E-state index < -0.39 is 5.97 Å². The lowest BCUT2D eigenvalue weighted by molar-refractivity contribution is 0.0518. The lowest BCUT2D eigenvalue weighted by atomic mass is 10.1. The molecule has 0 radical (unpaired) electrons. The molecule has 1 aromatic heterocycles. The van der Waals surface area contributed by atoms with Crippen LogP contribution in [0, 0.1) is 0 Å². The fourth-order valence-electron chi connectivity index (χ4n) is 3.25. The van der Waals surface area contributed by atoms with E-state index in [9.17, 15) is 4.79 Å². The van der Waals surface area contributed by atoms with Crippen molar-refractivity contribution in [3.05, 3.63) is 95.6 Å². The Labute approximate surface area is 174 Å². The first kappa shape index (κ1) is 19.0. The number of ether oxygens (including phenoxy) is 1. The Bertz CT molecular complexity index is 1140. The highest BCUT2D eigenvalue weighted by molar-refractivity contribution is 6.30. The van der Waals surface area contributed by atoms with Crippen LogP contribution >= 0.6 is 11.6 Å². The van der Waals surface area contributed by atoms with E-state index in [2.05, 4.69) is 0 Å². The molecule has 29 heavy (non-hydrogen) atoms. The number of esters is 1. The third-order valence-corrected chi connectivity index (χ3v) is 4.73. The highest BCUT2D eigenvalue weighted by Crippen LogP contribution is 2.33. The maximum atomic E-state index is 13.0. The van der Waals surface area contributed by atoms with Crippen molar-refractivity contribution in [1.29, 1.82) is 0 Å². The van der Waals surface area contributed by atoms with Crippen molar-refractivity contribution in [2.24, 2.45) is 0 Å². The molecule has 0 saturated carbocycles. The fraction of sp³-hybridized carbons (Fsp3) is 0.0833. The maximum absolute atomic E-state index is 13.0. The van der Waals surface area contributed by atoms with Crippen LogP contribution in [0.4, 0.5) is 0 Å². The van der Waals surface area contributed by atoms with Crippen LogP contribution in [0.15, 0.2) is 84.9 Å². The predicted molar refractivity (Wildman–Crippen MR) is 115 cm³/mol. The summed E-state index contributed by atoms with van der Waals surface area (Å²) < 4.78 is 7.25.